The number of benzene rings is 1. The molecule has 1 fully saturated rings. The number of aromatic nitrogens is 3. The zero-order valence-corrected chi connectivity index (χ0v) is 14.6. The van der Waals surface area contributed by atoms with Crippen LogP contribution >= 0.6 is 0 Å². The number of aryl methyl sites for hydroxylation is 1. The molecule has 2 heterocycles. The number of ether oxygens (including phenoxy) is 1. The lowest BCUT2D eigenvalue weighted by Gasteiger charge is -2.35. The molecular weight excluding hydrogens is 318 g/mol. The molecule has 1 aliphatic heterocycles. The number of hydrogen-bond acceptors (Lipinski definition) is 5. The Kier molecular flexibility index (Phi) is 4.81. The van der Waals surface area contributed by atoms with E-state index in [1.807, 2.05) is 31.7 Å². The molecule has 7 nitrogen and oxygen atoms in total. The molecule has 0 N–H and O–H groups in total. The number of nitrogens with zero attached hydrogens (tertiary/aromatic N) is 5. The van der Waals surface area contributed by atoms with Crippen LogP contribution in [-0.4, -0.2) is 50.9 Å². The summed E-state index contributed by atoms with van der Waals surface area (Å²) < 4.78 is 7.48. The maximum Gasteiger partial charge on any atom is 0.242 e. The highest BCUT2D eigenvalue weighted by Gasteiger charge is 2.27. The largest absolute Gasteiger partial charge is 0.372 e. The quantitative estimate of drug-likeness (QED) is 0.851. The molecule has 1 aromatic heterocycles. The van der Waals surface area contributed by atoms with E-state index < -0.39 is 0 Å². The van der Waals surface area contributed by atoms with Crippen LogP contribution in [0.1, 0.15) is 25.2 Å². The van der Waals surface area contributed by atoms with Crippen LogP contribution in [0, 0.1) is 18.3 Å². The topological polar surface area (TPSA) is 84.0 Å². The summed E-state index contributed by atoms with van der Waals surface area (Å²) in [4.78, 5) is 14.6. The minimum atomic E-state index is 0.0163. The molecule has 3 rings (SSSR count). The van der Waals surface area contributed by atoms with Crippen molar-refractivity contribution in [1.29, 1.82) is 5.26 Å². The molecule has 0 spiro atoms. The SMILES string of the molecule is Cc1nnc(-c2cccc(C#N)c2)n1CC(=O)N1C[C@H](C)O[C@@H](C)C1. The molecule has 0 saturated carbocycles. The van der Waals surface area contributed by atoms with Crippen molar-refractivity contribution in [3.8, 4) is 17.5 Å². The minimum Gasteiger partial charge on any atom is -0.372 e. The maximum absolute atomic E-state index is 12.8. The van der Waals surface area contributed by atoms with Crippen molar-refractivity contribution < 1.29 is 9.53 Å². The summed E-state index contributed by atoms with van der Waals surface area (Å²) in [7, 11) is 0. The van der Waals surface area contributed by atoms with Crippen LogP contribution in [0.4, 0.5) is 0 Å². The van der Waals surface area contributed by atoms with Crippen LogP contribution in [0.15, 0.2) is 24.3 Å². The number of morpholine rings is 1. The standard InChI is InChI=1S/C18H21N5O2/c1-12-9-22(10-13(2)25-12)17(24)11-23-14(3)20-21-18(23)16-6-4-5-15(7-16)8-19/h4-7,12-13H,9-11H2,1-3H3/t12-,13-/m0/s1. The first-order valence-corrected chi connectivity index (χ1v) is 8.31. The van der Waals surface area contributed by atoms with Gasteiger partial charge in [-0.05, 0) is 32.9 Å². The van der Waals surface area contributed by atoms with Crippen molar-refractivity contribution in [2.75, 3.05) is 13.1 Å². The van der Waals surface area contributed by atoms with Gasteiger partial charge in [-0.2, -0.15) is 5.26 Å². The van der Waals surface area contributed by atoms with Gasteiger partial charge in [-0.25, -0.2) is 0 Å². The maximum atomic E-state index is 12.8. The van der Waals surface area contributed by atoms with Gasteiger partial charge >= 0.3 is 0 Å². The fourth-order valence-corrected chi connectivity index (χ4v) is 3.13. The van der Waals surface area contributed by atoms with Crippen molar-refractivity contribution >= 4 is 5.91 Å². The Morgan fingerprint density at radius 3 is 2.72 bits per heavy atom. The van der Waals surface area contributed by atoms with E-state index in [9.17, 15) is 4.79 Å². The highest BCUT2D eigenvalue weighted by atomic mass is 16.5. The van der Waals surface area contributed by atoms with Gasteiger partial charge in [0.15, 0.2) is 5.82 Å². The van der Waals surface area contributed by atoms with E-state index >= 15 is 0 Å². The van der Waals surface area contributed by atoms with Crippen LogP contribution in [0.25, 0.3) is 11.4 Å². The number of carbonyl (C=O) groups is 1. The summed E-state index contributed by atoms with van der Waals surface area (Å²) >= 11 is 0. The Balaban J connectivity index is 1.85. The number of rotatable bonds is 3. The molecule has 0 radical (unpaired) electrons. The Labute approximate surface area is 146 Å². The lowest BCUT2D eigenvalue weighted by molar-refractivity contribution is -0.143. The molecule has 130 valence electrons. The van der Waals surface area contributed by atoms with E-state index in [0.29, 0.717) is 30.3 Å². The smallest absolute Gasteiger partial charge is 0.242 e. The van der Waals surface area contributed by atoms with E-state index in [1.54, 1.807) is 22.8 Å². The normalized spacial score (nSPS) is 20.3. The van der Waals surface area contributed by atoms with Crippen LogP contribution in [-0.2, 0) is 16.1 Å². The second kappa shape index (κ2) is 7.03. The van der Waals surface area contributed by atoms with Crippen LogP contribution in [0.3, 0.4) is 0 Å². The van der Waals surface area contributed by atoms with Gasteiger partial charge < -0.3 is 14.2 Å². The number of carbonyl (C=O) groups excluding carboxylic acids is 1. The van der Waals surface area contributed by atoms with Gasteiger partial charge in [0, 0.05) is 18.7 Å². The van der Waals surface area contributed by atoms with E-state index in [0.717, 1.165) is 5.56 Å². The first-order chi connectivity index (χ1) is 12.0. The molecule has 2 aromatic rings. The van der Waals surface area contributed by atoms with Gasteiger partial charge in [0.2, 0.25) is 5.91 Å². The Hall–Kier alpha value is -2.72. The lowest BCUT2D eigenvalue weighted by atomic mass is 10.1. The van der Waals surface area contributed by atoms with Crippen LogP contribution in [0.2, 0.25) is 0 Å². The zero-order valence-electron chi connectivity index (χ0n) is 14.6. The first-order valence-electron chi connectivity index (χ1n) is 8.31. The molecule has 0 bridgehead atoms. The predicted octanol–water partition coefficient (Wildman–Crippen LogP) is 1.76. The summed E-state index contributed by atoms with van der Waals surface area (Å²) in [5.41, 5.74) is 1.32. The molecular formula is C18H21N5O2. The third-order valence-electron chi connectivity index (χ3n) is 4.25. The van der Waals surface area contributed by atoms with E-state index in [-0.39, 0.29) is 24.7 Å². The van der Waals surface area contributed by atoms with Gasteiger partial charge in [0.1, 0.15) is 12.4 Å². The highest BCUT2D eigenvalue weighted by Crippen LogP contribution is 2.20. The van der Waals surface area contributed by atoms with Crippen LogP contribution in [0.5, 0.6) is 0 Å². The summed E-state index contributed by atoms with van der Waals surface area (Å²) in [5, 5.41) is 17.4. The fourth-order valence-electron chi connectivity index (χ4n) is 3.13. The second-order valence-corrected chi connectivity index (χ2v) is 6.41. The van der Waals surface area contributed by atoms with E-state index in [2.05, 4.69) is 16.3 Å². The fraction of sp³-hybridized carbons (Fsp3) is 0.444. The molecule has 1 saturated heterocycles. The van der Waals surface area contributed by atoms with Crippen LogP contribution < -0.4 is 0 Å². The summed E-state index contributed by atoms with van der Waals surface area (Å²) in [5.74, 6) is 1.28. The molecule has 0 unspecified atom stereocenters. The minimum absolute atomic E-state index is 0.0163. The van der Waals surface area contributed by atoms with Gasteiger partial charge in [-0.15, -0.1) is 10.2 Å². The average Bonchev–Trinajstić information content (AvgIpc) is 2.95. The Morgan fingerprint density at radius 2 is 2.04 bits per heavy atom. The van der Waals surface area contributed by atoms with Gasteiger partial charge in [0.25, 0.3) is 0 Å². The monoisotopic (exact) mass is 339 g/mol. The number of nitriles is 1. The summed E-state index contributed by atoms with van der Waals surface area (Å²) in [6, 6.07) is 9.27. The average molecular weight is 339 g/mol. The number of hydrogen-bond donors (Lipinski definition) is 0. The summed E-state index contributed by atoms with van der Waals surface area (Å²) in [6.07, 6.45) is 0.0583. The second-order valence-electron chi connectivity index (χ2n) is 6.41. The lowest BCUT2D eigenvalue weighted by Crippen LogP contribution is -2.49. The third-order valence-corrected chi connectivity index (χ3v) is 4.25. The predicted molar refractivity (Wildman–Crippen MR) is 91.5 cm³/mol. The molecule has 7 heteroatoms. The van der Waals surface area contributed by atoms with Crippen molar-refractivity contribution in [2.24, 2.45) is 0 Å². The van der Waals surface area contributed by atoms with Crippen molar-refractivity contribution in [3.63, 3.8) is 0 Å². The molecule has 25 heavy (non-hydrogen) atoms. The summed E-state index contributed by atoms with van der Waals surface area (Å²) in [6.45, 7) is 7.11. The Bertz CT molecular complexity index is 813. The van der Waals surface area contributed by atoms with Gasteiger partial charge in [0.05, 0.1) is 23.8 Å². The highest BCUT2D eigenvalue weighted by molar-refractivity contribution is 5.77. The first kappa shape index (κ1) is 17.1. The van der Waals surface area contributed by atoms with E-state index in [1.165, 1.54) is 0 Å². The van der Waals surface area contributed by atoms with Crippen molar-refractivity contribution in [3.05, 3.63) is 35.7 Å². The number of amides is 1. The molecule has 1 aliphatic rings. The zero-order chi connectivity index (χ0) is 18.0. The molecule has 1 amide bonds. The van der Waals surface area contributed by atoms with Crippen molar-refractivity contribution in [2.45, 2.75) is 39.5 Å². The van der Waals surface area contributed by atoms with Gasteiger partial charge in [-0.3, -0.25) is 4.79 Å². The third kappa shape index (κ3) is 3.69. The van der Waals surface area contributed by atoms with Gasteiger partial charge in [-0.1, -0.05) is 12.1 Å². The van der Waals surface area contributed by atoms with E-state index in [4.69, 9.17) is 10.00 Å². The molecule has 1 aromatic carbocycles. The van der Waals surface area contributed by atoms with Crippen molar-refractivity contribution in [1.82, 2.24) is 19.7 Å². The molecule has 2 atom stereocenters. The molecule has 0 aliphatic carbocycles. The Morgan fingerprint density at radius 1 is 1.32 bits per heavy atom.